The number of hydrogen-bond acceptors (Lipinski definition) is 3. The zero-order valence-corrected chi connectivity index (χ0v) is 37.5. The molecule has 1 atom stereocenters. The summed E-state index contributed by atoms with van der Waals surface area (Å²) in [6.45, 7) is 27.3. The minimum atomic E-state index is -0.973. The highest BCUT2D eigenvalue weighted by Gasteiger charge is 2.27. The van der Waals surface area contributed by atoms with Crippen molar-refractivity contribution in [3.8, 4) is 22.3 Å². The van der Waals surface area contributed by atoms with E-state index in [-0.39, 0.29) is 21.7 Å². The summed E-state index contributed by atoms with van der Waals surface area (Å²) in [4.78, 5) is 18.4. The van der Waals surface area contributed by atoms with Crippen LogP contribution in [0.5, 0.6) is 0 Å². The molecule has 3 aromatic heterocycles. The summed E-state index contributed by atoms with van der Waals surface area (Å²) in [6.07, 6.45) is 7.30. The van der Waals surface area contributed by atoms with E-state index in [9.17, 15) is 5.11 Å². The van der Waals surface area contributed by atoms with Gasteiger partial charge in [-0.1, -0.05) is 150 Å². The Labute approximate surface area is 356 Å². The molecule has 0 amide bonds. The largest absolute Gasteiger partial charge is 0.383 e. The molecule has 8 rings (SSSR count). The van der Waals surface area contributed by atoms with E-state index in [1.807, 2.05) is 42.5 Å². The van der Waals surface area contributed by atoms with Gasteiger partial charge < -0.3 is 15.1 Å². The predicted molar refractivity (Wildman–Crippen MR) is 255 cm³/mol. The van der Waals surface area contributed by atoms with Crippen LogP contribution in [0.2, 0.25) is 0 Å². The van der Waals surface area contributed by atoms with Crippen molar-refractivity contribution >= 4 is 46.4 Å². The molecule has 2 aliphatic heterocycles. The second-order valence-electron chi connectivity index (χ2n) is 20.8. The van der Waals surface area contributed by atoms with Gasteiger partial charge in [-0.05, 0) is 115 Å². The van der Waals surface area contributed by atoms with Crippen molar-refractivity contribution in [2.24, 2.45) is 0 Å². The Morgan fingerprint density at radius 2 is 0.800 bits per heavy atom. The van der Waals surface area contributed by atoms with Crippen LogP contribution in [0.3, 0.4) is 0 Å². The van der Waals surface area contributed by atoms with Crippen molar-refractivity contribution in [3.05, 3.63) is 153 Å². The molecule has 3 aromatic carbocycles. The van der Waals surface area contributed by atoms with Crippen molar-refractivity contribution in [1.29, 1.82) is 0 Å². The Hall–Kier alpha value is -5.78. The van der Waals surface area contributed by atoms with Crippen molar-refractivity contribution in [3.63, 3.8) is 0 Å². The lowest BCUT2D eigenvalue weighted by Crippen LogP contribution is -2.16. The van der Waals surface area contributed by atoms with Gasteiger partial charge in [-0.25, -0.2) is 9.97 Å². The lowest BCUT2D eigenvalue weighted by molar-refractivity contribution is 0.219. The molecule has 1 unspecified atom stereocenters. The van der Waals surface area contributed by atoms with E-state index in [1.165, 1.54) is 22.3 Å². The van der Waals surface area contributed by atoms with Gasteiger partial charge in [0.1, 0.15) is 6.10 Å². The fourth-order valence-corrected chi connectivity index (χ4v) is 8.13. The Morgan fingerprint density at radius 1 is 0.433 bits per heavy atom. The van der Waals surface area contributed by atoms with E-state index in [0.717, 1.165) is 61.3 Å². The smallest absolute Gasteiger partial charge is 0.108 e. The average Bonchev–Trinajstić information content (AvgIpc) is 4.01. The number of aliphatic hydroxyl groups is 1. The third-order valence-corrected chi connectivity index (χ3v) is 11.9. The predicted octanol–water partition coefficient (Wildman–Crippen LogP) is 14.3. The second-order valence-corrected chi connectivity index (χ2v) is 20.8. The minimum absolute atomic E-state index is 0.0698. The Bertz CT molecular complexity index is 2620. The van der Waals surface area contributed by atoms with E-state index in [1.54, 1.807) is 0 Å². The van der Waals surface area contributed by atoms with Gasteiger partial charge in [-0.15, -0.1) is 0 Å². The Kier molecular flexibility index (Phi) is 10.1. The van der Waals surface area contributed by atoms with Crippen molar-refractivity contribution in [2.45, 2.75) is 111 Å². The van der Waals surface area contributed by atoms with Gasteiger partial charge in [0.15, 0.2) is 0 Å². The van der Waals surface area contributed by atoms with Crippen molar-refractivity contribution in [1.82, 2.24) is 19.9 Å². The summed E-state index contributed by atoms with van der Waals surface area (Å²) < 4.78 is 0. The van der Waals surface area contributed by atoms with Gasteiger partial charge in [-0.3, -0.25) is 0 Å². The van der Waals surface area contributed by atoms with Crippen LogP contribution >= 0.6 is 0 Å². The van der Waals surface area contributed by atoms with Crippen LogP contribution in [0.25, 0.3) is 68.6 Å². The second kappa shape index (κ2) is 14.7. The number of rotatable bonds is 4. The van der Waals surface area contributed by atoms with Crippen molar-refractivity contribution in [2.75, 3.05) is 0 Å². The van der Waals surface area contributed by atoms with E-state index in [0.29, 0.717) is 17.0 Å². The van der Waals surface area contributed by atoms with Gasteiger partial charge in [0.05, 0.1) is 22.8 Å². The molecular formula is C55H60N4O. The number of nitrogens with one attached hydrogen (secondary N) is 2. The molecule has 2 aliphatic rings. The van der Waals surface area contributed by atoms with Crippen LogP contribution in [0, 0.1) is 0 Å². The summed E-state index contributed by atoms with van der Waals surface area (Å²) in [5.74, 6) is 0. The minimum Gasteiger partial charge on any atom is -0.383 e. The van der Waals surface area contributed by atoms with Crippen molar-refractivity contribution < 1.29 is 5.11 Å². The molecule has 0 saturated carbocycles. The molecule has 6 aromatic rings. The molecule has 60 heavy (non-hydrogen) atoms. The number of aromatic amines is 2. The number of nitrogens with zero attached hydrogens (tertiary/aromatic N) is 2. The first-order chi connectivity index (χ1) is 28.1. The molecular weight excluding hydrogens is 733 g/mol. The topological polar surface area (TPSA) is 77.6 Å². The molecule has 306 valence electrons. The Balaban J connectivity index is 1.52. The van der Waals surface area contributed by atoms with Crippen LogP contribution in [-0.4, -0.2) is 25.0 Å². The zero-order valence-electron chi connectivity index (χ0n) is 37.5. The molecule has 5 heteroatoms. The van der Waals surface area contributed by atoms with Gasteiger partial charge in [0.2, 0.25) is 0 Å². The monoisotopic (exact) mass is 792 g/mol. The SMILES string of the molecule is CC(C)(C)c1cc(-c2c3nc(c(C(O)c4ccccc4)c4nc(c(-c5cc(C(C)(C)C)cc(C(C)(C)C)c5)c5ccc(cc6ccc2[nH]6)[nH]5)C=C4)C=C3)cc(C(C)(C)C)c1. The summed E-state index contributed by atoms with van der Waals surface area (Å²) in [5, 5.41) is 12.4. The molecule has 0 spiro atoms. The Morgan fingerprint density at radius 3 is 1.17 bits per heavy atom. The standard InChI is InChI=1S/C55H60N4O/c1-52(2,3)36-26-34(27-37(30-36)53(4,5)6)48-42-20-18-40(56-42)32-41-19-21-43(57-41)49(35-28-38(54(7,8)9)31-39(29-35)55(10,11)12)45-23-25-47(59-45)50(46-24-22-44(48)58-46)51(60)33-16-14-13-15-17-33/h13-32,51,56-57,60H,1-12H3. The molecule has 0 aliphatic carbocycles. The third-order valence-electron chi connectivity index (χ3n) is 11.9. The van der Waals surface area contributed by atoms with Crippen LogP contribution in [0.4, 0.5) is 0 Å². The average molecular weight is 793 g/mol. The first-order valence-electron chi connectivity index (χ1n) is 21.3. The van der Waals surface area contributed by atoms with Gasteiger partial charge in [-0.2, -0.15) is 0 Å². The maximum atomic E-state index is 12.4. The highest BCUT2D eigenvalue weighted by atomic mass is 16.3. The fraction of sp³-hybridized carbons (Fsp3) is 0.309. The van der Waals surface area contributed by atoms with E-state index in [4.69, 9.17) is 9.97 Å². The lowest BCUT2D eigenvalue weighted by atomic mass is 9.78. The summed E-state index contributed by atoms with van der Waals surface area (Å²) >= 11 is 0. The molecule has 8 bridgehead atoms. The number of H-pyrrole nitrogens is 2. The number of fused-ring (bicyclic) bond motifs is 8. The zero-order chi connectivity index (χ0) is 42.9. The first kappa shape index (κ1) is 41.0. The molecule has 0 fully saturated rings. The lowest BCUT2D eigenvalue weighted by Gasteiger charge is -2.26. The van der Waals surface area contributed by atoms with Gasteiger partial charge in [0.25, 0.3) is 0 Å². The quantitative estimate of drug-likeness (QED) is 0.166. The van der Waals surface area contributed by atoms with Gasteiger partial charge in [0, 0.05) is 38.8 Å². The molecule has 0 radical (unpaired) electrons. The van der Waals surface area contributed by atoms with Crippen LogP contribution in [0.15, 0.2) is 97.1 Å². The summed E-state index contributed by atoms with van der Waals surface area (Å²) in [7, 11) is 0. The molecule has 3 N–H and O–H groups in total. The highest BCUT2D eigenvalue weighted by molar-refractivity contribution is 5.94. The van der Waals surface area contributed by atoms with Crippen LogP contribution < -0.4 is 0 Å². The summed E-state index contributed by atoms with van der Waals surface area (Å²) in [6, 6.07) is 34.6. The van der Waals surface area contributed by atoms with E-state index >= 15 is 0 Å². The number of aromatic nitrogens is 4. The third kappa shape index (κ3) is 8.08. The maximum Gasteiger partial charge on any atom is 0.108 e. The van der Waals surface area contributed by atoms with E-state index in [2.05, 4.69) is 172 Å². The maximum absolute atomic E-state index is 12.4. The highest BCUT2D eigenvalue weighted by Crippen LogP contribution is 2.41. The van der Waals surface area contributed by atoms with E-state index < -0.39 is 6.10 Å². The first-order valence-corrected chi connectivity index (χ1v) is 21.3. The fourth-order valence-electron chi connectivity index (χ4n) is 8.13. The van der Waals surface area contributed by atoms with Crippen LogP contribution in [0.1, 0.15) is 145 Å². The molecule has 5 nitrogen and oxygen atoms in total. The number of benzene rings is 3. The molecule has 0 saturated heterocycles. The van der Waals surface area contributed by atoms with Crippen LogP contribution in [-0.2, 0) is 21.7 Å². The van der Waals surface area contributed by atoms with Gasteiger partial charge >= 0.3 is 0 Å². The summed E-state index contributed by atoms with van der Waals surface area (Å²) in [5.41, 5.74) is 17.3. The number of aliphatic hydroxyl groups excluding tert-OH is 1. The normalized spacial score (nSPS) is 13.9. The number of hydrogen-bond donors (Lipinski definition) is 3. The molecule has 5 heterocycles.